The number of rotatable bonds is 3. The Morgan fingerprint density at radius 1 is 1.38 bits per heavy atom. The van der Waals surface area contributed by atoms with Gasteiger partial charge in [-0.25, -0.2) is 4.39 Å². The van der Waals surface area contributed by atoms with Crippen molar-refractivity contribution in [2.24, 2.45) is 0 Å². The van der Waals surface area contributed by atoms with Crippen LogP contribution in [0.25, 0.3) is 0 Å². The van der Waals surface area contributed by atoms with Gasteiger partial charge in [0.1, 0.15) is 5.82 Å². The lowest BCUT2D eigenvalue weighted by Gasteiger charge is -2.24. The molecule has 1 aliphatic rings. The van der Waals surface area contributed by atoms with Gasteiger partial charge < -0.3 is 10.6 Å². The van der Waals surface area contributed by atoms with Gasteiger partial charge in [-0.2, -0.15) is 0 Å². The molecule has 2 rings (SSSR count). The van der Waals surface area contributed by atoms with Crippen molar-refractivity contribution in [2.75, 3.05) is 13.1 Å². The summed E-state index contributed by atoms with van der Waals surface area (Å²) < 4.78 is 12.9. The number of halogens is 1. The lowest BCUT2D eigenvalue weighted by Crippen LogP contribution is -2.39. The third-order valence-electron chi connectivity index (χ3n) is 3.22. The molecule has 1 saturated heterocycles. The first-order chi connectivity index (χ1) is 7.75. The summed E-state index contributed by atoms with van der Waals surface area (Å²) >= 11 is 0. The fraction of sp³-hybridized carbons (Fsp3) is 0.538. The lowest BCUT2D eigenvalue weighted by atomic mass is 10.0. The van der Waals surface area contributed by atoms with E-state index in [1.807, 2.05) is 13.0 Å². The van der Waals surface area contributed by atoms with E-state index in [1.54, 1.807) is 6.07 Å². The SMILES string of the molecule is Cc1cc(F)ccc1CNC1CCNCC1. The molecular weight excluding hydrogens is 203 g/mol. The summed E-state index contributed by atoms with van der Waals surface area (Å²) in [6, 6.07) is 5.61. The summed E-state index contributed by atoms with van der Waals surface area (Å²) in [5, 5.41) is 6.88. The first-order valence-corrected chi connectivity index (χ1v) is 5.95. The third kappa shape index (κ3) is 3.03. The molecule has 0 spiro atoms. The third-order valence-corrected chi connectivity index (χ3v) is 3.22. The molecule has 88 valence electrons. The Kier molecular flexibility index (Phi) is 3.91. The first kappa shape index (κ1) is 11.6. The van der Waals surface area contributed by atoms with Crippen molar-refractivity contribution in [2.45, 2.75) is 32.4 Å². The minimum Gasteiger partial charge on any atom is -0.317 e. The number of piperidine rings is 1. The van der Waals surface area contributed by atoms with E-state index in [0.29, 0.717) is 6.04 Å². The Hall–Kier alpha value is -0.930. The van der Waals surface area contributed by atoms with Crippen LogP contribution < -0.4 is 10.6 Å². The summed E-state index contributed by atoms with van der Waals surface area (Å²) in [4.78, 5) is 0. The molecule has 0 aliphatic carbocycles. The van der Waals surface area contributed by atoms with Gasteiger partial charge in [0.15, 0.2) is 0 Å². The van der Waals surface area contributed by atoms with Crippen LogP contribution in [0.15, 0.2) is 18.2 Å². The van der Waals surface area contributed by atoms with E-state index in [1.165, 1.54) is 24.5 Å². The quantitative estimate of drug-likeness (QED) is 0.817. The monoisotopic (exact) mass is 222 g/mol. The van der Waals surface area contributed by atoms with E-state index in [9.17, 15) is 4.39 Å². The summed E-state index contributed by atoms with van der Waals surface area (Å²) in [6.07, 6.45) is 2.36. The second-order valence-electron chi connectivity index (χ2n) is 4.48. The molecule has 0 aromatic heterocycles. The first-order valence-electron chi connectivity index (χ1n) is 5.95. The normalized spacial score (nSPS) is 17.6. The zero-order valence-corrected chi connectivity index (χ0v) is 9.72. The number of aryl methyl sites for hydroxylation is 1. The van der Waals surface area contributed by atoms with E-state index < -0.39 is 0 Å². The molecule has 3 heteroatoms. The van der Waals surface area contributed by atoms with Crippen molar-refractivity contribution in [3.63, 3.8) is 0 Å². The Labute approximate surface area is 96.2 Å². The van der Waals surface area contributed by atoms with E-state index in [0.717, 1.165) is 25.2 Å². The minimum absolute atomic E-state index is 0.150. The summed E-state index contributed by atoms with van der Waals surface area (Å²) in [6.45, 7) is 5.00. The molecule has 2 nitrogen and oxygen atoms in total. The van der Waals surface area contributed by atoms with Gasteiger partial charge in [-0.3, -0.25) is 0 Å². The van der Waals surface area contributed by atoms with Crippen LogP contribution in [0.4, 0.5) is 4.39 Å². The van der Waals surface area contributed by atoms with Gasteiger partial charge >= 0.3 is 0 Å². The summed E-state index contributed by atoms with van der Waals surface area (Å²) in [7, 11) is 0. The highest BCUT2D eigenvalue weighted by Gasteiger charge is 2.12. The van der Waals surface area contributed by atoms with Gasteiger partial charge in [0.2, 0.25) is 0 Å². The molecule has 1 aromatic carbocycles. The highest BCUT2D eigenvalue weighted by Crippen LogP contribution is 2.11. The smallest absolute Gasteiger partial charge is 0.123 e. The molecule has 16 heavy (non-hydrogen) atoms. The highest BCUT2D eigenvalue weighted by molar-refractivity contribution is 5.26. The predicted octanol–water partition coefficient (Wildman–Crippen LogP) is 1.98. The van der Waals surface area contributed by atoms with Crippen LogP contribution in [0.2, 0.25) is 0 Å². The van der Waals surface area contributed by atoms with Gasteiger partial charge in [0.05, 0.1) is 0 Å². The van der Waals surface area contributed by atoms with Gasteiger partial charge in [0.25, 0.3) is 0 Å². The molecule has 1 aromatic rings. The summed E-state index contributed by atoms with van der Waals surface area (Å²) in [5.74, 6) is -0.150. The van der Waals surface area contributed by atoms with Crippen molar-refractivity contribution in [1.82, 2.24) is 10.6 Å². The maximum Gasteiger partial charge on any atom is 0.123 e. The van der Waals surface area contributed by atoms with E-state index in [4.69, 9.17) is 0 Å². The average molecular weight is 222 g/mol. The van der Waals surface area contributed by atoms with Crippen LogP contribution in [0.3, 0.4) is 0 Å². The fourth-order valence-electron chi connectivity index (χ4n) is 2.14. The molecule has 0 atom stereocenters. The number of hydrogen-bond acceptors (Lipinski definition) is 2. The molecule has 0 amide bonds. The molecule has 0 bridgehead atoms. The molecule has 0 unspecified atom stereocenters. The Bertz CT molecular complexity index is 346. The van der Waals surface area contributed by atoms with Crippen molar-refractivity contribution in [3.8, 4) is 0 Å². The zero-order valence-electron chi connectivity index (χ0n) is 9.72. The van der Waals surface area contributed by atoms with Crippen LogP contribution in [0.1, 0.15) is 24.0 Å². The van der Waals surface area contributed by atoms with Crippen LogP contribution in [-0.2, 0) is 6.54 Å². The maximum atomic E-state index is 12.9. The standard InChI is InChI=1S/C13H19FN2/c1-10-8-12(14)3-2-11(10)9-16-13-4-6-15-7-5-13/h2-3,8,13,15-16H,4-7,9H2,1H3. The Balaban J connectivity index is 1.88. The molecule has 0 saturated carbocycles. The molecule has 2 N–H and O–H groups in total. The van der Waals surface area contributed by atoms with Crippen molar-refractivity contribution in [1.29, 1.82) is 0 Å². The maximum absolute atomic E-state index is 12.9. The Morgan fingerprint density at radius 3 is 2.81 bits per heavy atom. The van der Waals surface area contributed by atoms with Gasteiger partial charge in [-0.1, -0.05) is 6.07 Å². The van der Waals surface area contributed by atoms with Crippen LogP contribution in [-0.4, -0.2) is 19.1 Å². The molecule has 1 aliphatic heterocycles. The van der Waals surface area contributed by atoms with Crippen LogP contribution in [0, 0.1) is 12.7 Å². The largest absolute Gasteiger partial charge is 0.317 e. The number of benzene rings is 1. The van der Waals surface area contributed by atoms with Gasteiger partial charge in [0, 0.05) is 12.6 Å². The van der Waals surface area contributed by atoms with Crippen molar-refractivity contribution in [3.05, 3.63) is 35.1 Å². The average Bonchev–Trinajstić information content (AvgIpc) is 2.29. The van der Waals surface area contributed by atoms with Crippen molar-refractivity contribution >= 4 is 0 Å². The molecular formula is C13H19FN2. The topological polar surface area (TPSA) is 24.1 Å². The predicted molar refractivity (Wildman–Crippen MR) is 63.9 cm³/mol. The fourth-order valence-corrected chi connectivity index (χ4v) is 2.14. The number of hydrogen-bond donors (Lipinski definition) is 2. The summed E-state index contributed by atoms with van der Waals surface area (Å²) in [5.41, 5.74) is 2.22. The van der Waals surface area contributed by atoms with Crippen LogP contribution in [0.5, 0.6) is 0 Å². The number of nitrogens with one attached hydrogen (secondary N) is 2. The van der Waals surface area contributed by atoms with Gasteiger partial charge in [-0.05, 0) is 56.1 Å². The minimum atomic E-state index is -0.150. The molecule has 1 fully saturated rings. The molecule has 1 heterocycles. The van der Waals surface area contributed by atoms with Crippen molar-refractivity contribution < 1.29 is 4.39 Å². The second-order valence-corrected chi connectivity index (χ2v) is 4.48. The van der Waals surface area contributed by atoms with Gasteiger partial charge in [-0.15, -0.1) is 0 Å². The van der Waals surface area contributed by atoms with Crippen LogP contribution >= 0.6 is 0 Å². The molecule has 0 radical (unpaired) electrons. The Morgan fingerprint density at radius 2 is 2.12 bits per heavy atom. The zero-order chi connectivity index (χ0) is 11.4. The highest BCUT2D eigenvalue weighted by atomic mass is 19.1. The second kappa shape index (κ2) is 5.41. The van der Waals surface area contributed by atoms with E-state index in [-0.39, 0.29) is 5.82 Å². The lowest BCUT2D eigenvalue weighted by molar-refractivity contribution is 0.386. The van der Waals surface area contributed by atoms with E-state index in [2.05, 4.69) is 10.6 Å². The van der Waals surface area contributed by atoms with E-state index >= 15 is 0 Å².